The monoisotopic (exact) mass is 378 g/mol. The van der Waals surface area contributed by atoms with E-state index in [9.17, 15) is 18.0 Å². The van der Waals surface area contributed by atoms with Gasteiger partial charge in [0.05, 0.1) is 0 Å². The average Bonchev–Trinajstić information content (AvgIpc) is 3.23. The number of carbonyl (C=O) groups is 2. The van der Waals surface area contributed by atoms with Gasteiger partial charge in [-0.1, -0.05) is 6.07 Å². The van der Waals surface area contributed by atoms with E-state index in [1.54, 1.807) is 0 Å². The van der Waals surface area contributed by atoms with E-state index >= 15 is 0 Å². The third kappa shape index (κ3) is 3.11. The zero-order valence-corrected chi connectivity index (χ0v) is 15.2. The minimum atomic E-state index is -3.89. The van der Waals surface area contributed by atoms with Gasteiger partial charge in [-0.2, -0.15) is 0 Å². The number of fused-ring (bicyclic) bond motifs is 2. The van der Waals surface area contributed by atoms with Crippen LogP contribution >= 0.6 is 0 Å². The molecule has 1 aromatic rings. The minimum absolute atomic E-state index is 0.0232. The van der Waals surface area contributed by atoms with E-state index < -0.39 is 27.3 Å². The van der Waals surface area contributed by atoms with E-state index in [0.29, 0.717) is 0 Å². The van der Waals surface area contributed by atoms with E-state index in [2.05, 4.69) is 26.7 Å². The van der Waals surface area contributed by atoms with Gasteiger partial charge in [-0.25, -0.2) is 22.7 Å². The van der Waals surface area contributed by atoms with E-state index in [-0.39, 0.29) is 13.1 Å². The standard InChI is InChI=1S/C17H22N4O4S/c22-16-18-8-12(9-19-16)26(24,25)21-17(23)20-15-13-5-1-3-10(13)7-11-4-2-6-14(11)15/h7,12H,1-6,8-9H2,(H2,18,19,22)(H2,20,21,23). The fourth-order valence-corrected chi connectivity index (χ4v) is 5.17. The van der Waals surface area contributed by atoms with Gasteiger partial charge < -0.3 is 16.0 Å². The SMILES string of the molecule is O=C1NCC(S(=O)(=O)NC(=O)Nc2c3c(cc4c2CCC4)CCC3)CN1. The van der Waals surface area contributed by atoms with Gasteiger partial charge >= 0.3 is 12.1 Å². The van der Waals surface area contributed by atoms with Crippen LogP contribution in [0.4, 0.5) is 15.3 Å². The molecule has 0 bridgehead atoms. The third-order valence-electron chi connectivity index (χ3n) is 5.37. The van der Waals surface area contributed by atoms with Crippen molar-refractivity contribution in [2.75, 3.05) is 18.4 Å². The highest BCUT2D eigenvalue weighted by Crippen LogP contribution is 2.38. The van der Waals surface area contributed by atoms with Crippen LogP contribution in [0.1, 0.15) is 35.1 Å². The molecule has 2 aliphatic carbocycles. The topological polar surface area (TPSA) is 116 Å². The Kier molecular flexibility index (Phi) is 4.26. The first-order valence-electron chi connectivity index (χ1n) is 8.95. The summed E-state index contributed by atoms with van der Waals surface area (Å²) in [4.78, 5) is 23.5. The van der Waals surface area contributed by atoms with Gasteiger partial charge in [0.1, 0.15) is 5.25 Å². The van der Waals surface area contributed by atoms with Gasteiger partial charge in [-0.3, -0.25) is 0 Å². The van der Waals surface area contributed by atoms with Crippen LogP contribution in [0.25, 0.3) is 0 Å². The maximum Gasteiger partial charge on any atom is 0.332 e. The molecule has 1 saturated heterocycles. The van der Waals surface area contributed by atoms with E-state index in [4.69, 9.17) is 0 Å². The molecule has 1 fully saturated rings. The first-order chi connectivity index (χ1) is 12.4. The molecule has 1 heterocycles. The molecular weight excluding hydrogens is 356 g/mol. The third-order valence-corrected chi connectivity index (χ3v) is 7.05. The molecule has 1 aliphatic heterocycles. The number of aryl methyl sites for hydroxylation is 2. The van der Waals surface area contributed by atoms with Gasteiger partial charge in [-0.05, 0) is 60.8 Å². The predicted octanol–water partition coefficient (Wildman–Crippen LogP) is 0.797. The smallest absolute Gasteiger partial charge is 0.332 e. The maximum atomic E-state index is 12.4. The lowest BCUT2D eigenvalue weighted by atomic mass is 9.99. The molecule has 4 amide bonds. The Balaban J connectivity index is 1.52. The molecule has 3 aliphatic rings. The van der Waals surface area contributed by atoms with Crippen molar-refractivity contribution in [2.45, 2.75) is 43.8 Å². The molecule has 140 valence electrons. The van der Waals surface area contributed by atoms with Gasteiger partial charge in [0.25, 0.3) is 0 Å². The van der Waals surface area contributed by atoms with Crippen molar-refractivity contribution in [1.82, 2.24) is 15.4 Å². The van der Waals surface area contributed by atoms with Crippen molar-refractivity contribution >= 4 is 27.8 Å². The Morgan fingerprint density at radius 1 is 1.00 bits per heavy atom. The van der Waals surface area contributed by atoms with Crippen LogP contribution in [0, 0.1) is 0 Å². The number of nitrogens with one attached hydrogen (secondary N) is 4. The highest BCUT2D eigenvalue weighted by Gasteiger charge is 2.32. The van der Waals surface area contributed by atoms with E-state index in [0.717, 1.165) is 55.3 Å². The number of amides is 4. The molecule has 0 aromatic heterocycles. The zero-order chi connectivity index (χ0) is 18.3. The second-order valence-corrected chi connectivity index (χ2v) is 9.01. The number of urea groups is 2. The summed E-state index contributed by atoms with van der Waals surface area (Å²) in [6.07, 6.45) is 5.93. The summed E-state index contributed by atoms with van der Waals surface area (Å²) >= 11 is 0. The Labute approximate surface area is 152 Å². The van der Waals surface area contributed by atoms with Gasteiger partial charge in [0.15, 0.2) is 0 Å². The predicted molar refractivity (Wildman–Crippen MR) is 96.8 cm³/mol. The Morgan fingerprint density at radius 2 is 1.58 bits per heavy atom. The summed E-state index contributed by atoms with van der Waals surface area (Å²) in [6, 6.07) is 1.11. The Morgan fingerprint density at radius 3 is 2.15 bits per heavy atom. The molecule has 0 unspecified atom stereocenters. The van der Waals surface area contributed by atoms with Crippen LogP contribution in [0.15, 0.2) is 6.07 Å². The van der Waals surface area contributed by atoms with Crippen molar-refractivity contribution in [1.29, 1.82) is 0 Å². The van der Waals surface area contributed by atoms with Crippen LogP contribution in [0.3, 0.4) is 0 Å². The summed E-state index contributed by atoms with van der Waals surface area (Å²) < 4.78 is 26.9. The van der Waals surface area contributed by atoms with Crippen LogP contribution in [0.5, 0.6) is 0 Å². The first-order valence-corrected chi connectivity index (χ1v) is 10.5. The quantitative estimate of drug-likeness (QED) is 0.622. The Hall–Kier alpha value is -2.29. The highest BCUT2D eigenvalue weighted by molar-refractivity contribution is 7.90. The number of anilines is 1. The molecular formula is C17H22N4O4S. The fourth-order valence-electron chi connectivity index (χ4n) is 4.09. The summed E-state index contributed by atoms with van der Waals surface area (Å²) in [5.41, 5.74) is 5.62. The fraction of sp³-hybridized carbons (Fsp3) is 0.529. The second kappa shape index (κ2) is 6.46. The number of carbonyl (C=O) groups excluding carboxylic acids is 2. The Bertz CT molecular complexity index is 839. The van der Waals surface area contributed by atoms with Crippen molar-refractivity contribution in [3.05, 3.63) is 28.3 Å². The van der Waals surface area contributed by atoms with E-state index in [1.807, 2.05) is 0 Å². The molecule has 0 saturated carbocycles. The van der Waals surface area contributed by atoms with Crippen molar-refractivity contribution in [2.24, 2.45) is 0 Å². The molecule has 0 radical (unpaired) electrons. The first kappa shape index (κ1) is 17.1. The molecule has 8 nitrogen and oxygen atoms in total. The largest absolute Gasteiger partial charge is 0.337 e. The number of hydrogen-bond acceptors (Lipinski definition) is 4. The number of sulfonamides is 1. The van der Waals surface area contributed by atoms with Crippen molar-refractivity contribution in [3.63, 3.8) is 0 Å². The molecule has 1 aromatic carbocycles. The second-order valence-electron chi connectivity index (χ2n) is 7.05. The van der Waals surface area contributed by atoms with Crippen molar-refractivity contribution in [3.8, 4) is 0 Å². The van der Waals surface area contributed by atoms with E-state index in [1.165, 1.54) is 11.1 Å². The molecule has 0 atom stereocenters. The highest BCUT2D eigenvalue weighted by atomic mass is 32.2. The van der Waals surface area contributed by atoms with Crippen LogP contribution in [0.2, 0.25) is 0 Å². The van der Waals surface area contributed by atoms with Crippen molar-refractivity contribution < 1.29 is 18.0 Å². The number of hydrogen-bond donors (Lipinski definition) is 4. The lowest BCUT2D eigenvalue weighted by molar-refractivity contribution is 0.236. The zero-order valence-electron chi connectivity index (χ0n) is 14.4. The lowest BCUT2D eigenvalue weighted by Gasteiger charge is -2.24. The molecule has 26 heavy (non-hydrogen) atoms. The average molecular weight is 378 g/mol. The summed E-state index contributed by atoms with van der Waals surface area (Å²) in [6.45, 7) is -0.0465. The van der Waals surface area contributed by atoms with Crippen LogP contribution in [-0.4, -0.2) is 38.8 Å². The van der Waals surface area contributed by atoms with Gasteiger partial charge in [0.2, 0.25) is 10.0 Å². The van der Waals surface area contributed by atoms with Crippen LogP contribution < -0.4 is 20.7 Å². The maximum absolute atomic E-state index is 12.4. The molecule has 4 rings (SSSR count). The minimum Gasteiger partial charge on any atom is -0.337 e. The number of rotatable bonds is 3. The normalized spacial score (nSPS) is 19.3. The summed E-state index contributed by atoms with van der Waals surface area (Å²) in [7, 11) is -3.89. The lowest BCUT2D eigenvalue weighted by Crippen LogP contribution is -2.56. The summed E-state index contributed by atoms with van der Waals surface area (Å²) in [5, 5.41) is 6.78. The number of benzene rings is 1. The molecule has 0 spiro atoms. The molecule has 9 heteroatoms. The van der Waals surface area contributed by atoms with Crippen LogP contribution in [-0.2, 0) is 35.7 Å². The van der Waals surface area contributed by atoms with Gasteiger partial charge in [0, 0.05) is 18.8 Å². The molecule has 4 N–H and O–H groups in total. The summed E-state index contributed by atoms with van der Waals surface area (Å²) in [5.74, 6) is 0. The van der Waals surface area contributed by atoms with Gasteiger partial charge in [-0.15, -0.1) is 0 Å².